The van der Waals surface area contributed by atoms with Crippen LogP contribution in [0.25, 0.3) is 0 Å². The largest absolute Gasteiger partial charge is 0.394 e. The minimum atomic E-state index is -2.26. The molecule has 0 radical (unpaired) electrons. The lowest BCUT2D eigenvalue weighted by atomic mass is 9.97. The van der Waals surface area contributed by atoms with Crippen molar-refractivity contribution in [2.75, 3.05) is 6.61 Å². The molecule has 0 bridgehead atoms. The van der Waals surface area contributed by atoms with E-state index in [1.165, 1.54) is 22.6 Å². The summed E-state index contributed by atoms with van der Waals surface area (Å²) in [7, 11) is 0. The first kappa shape index (κ1) is 17.5. The lowest BCUT2D eigenvalue weighted by Crippen LogP contribution is -2.54. The maximum Gasteiger partial charge on any atom is 0.203 e. The summed E-state index contributed by atoms with van der Waals surface area (Å²) in [5.41, 5.74) is 0.650. The number of halogens is 1. The molecule has 6 nitrogen and oxygen atoms in total. The number of hydrogen-bond donors (Lipinski definition) is 5. The van der Waals surface area contributed by atoms with Crippen LogP contribution < -0.4 is 0 Å². The molecule has 0 saturated carbocycles. The standard InChI is InChI=1S/C13H17IO6/c14-13(20,12(19)11(18)9(16)7-15)10(17)6-8-4-2-1-3-5-8/h1-5,9,11-12,15-16,18-20H,6-7H2/t9-,11-,12+,13+/m1/s1. The second-order valence-corrected chi connectivity index (χ2v) is 6.09. The van der Waals surface area contributed by atoms with E-state index in [4.69, 9.17) is 5.11 Å². The highest BCUT2D eigenvalue weighted by Crippen LogP contribution is 2.26. The quantitative estimate of drug-likeness (QED) is 0.298. The summed E-state index contributed by atoms with van der Waals surface area (Å²) in [6.45, 7) is -0.794. The number of carbonyl (C=O) groups excluding carboxylic acids is 1. The van der Waals surface area contributed by atoms with Crippen molar-refractivity contribution in [1.29, 1.82) is 0 Å². The third-order valence-electron chi connectivity index (χ3n) is 2.90. The van der Waals surface area contributed by atoms with Crippen LogP contribution in [0.2, 0.25) is 0 Å². The van der Waals surface area contributed by atoms with Crippen LogP contribution >= 0.6 is 22.6 Å². The number of rotatable bonds is 7. The van der Waals surface area contributed by atoms with Crippen molar-refractivity contribution >= 4 is 28.4 Å². The van der Waals surface area contributed by atoms with Gasteiger partial charge in [0.2, 0.25) is 3.61 Å². The van der Waals surface area contributed by atoms with Crippen LogP contribution in [0.3, 0.4) is 0 Å². The molecule has 0 spiro atoms. The van der Waals surface area contributed by atoms with E-state index in [-0.39, 0.29) is 6.42 Å². The van der Waals surface area contributed by atoms with Gasteiger partial charge in [-0.1, -0.05) is 30.3 Å². The molecule has 0 heterocycles. The Morgan fingerprint density at radius 2 is 1.75 bits per heavy atom. The van der Waals surface area contributed by atoms with Gasteiger partial charge in [0.05, 0.1) is 6.61 Å². The molecule has 7 heteroatoms. The maximum atomic E-state index is 12.0. The van der Waals surface area contributed by atoms with Crippen molar-refractivity contribution in [3.8, 4) is 0 Å². The molecule has 0 aliphatic rings. The SMILES string of the molecule is O=C(Cc1ccccc1)[C@@](O)(I)[C@@H](O)[C@H](O)[C@H](O)CO. The third kappa shape index (κ3) is 4.21. The molecule has 0 fully saturated rings. The van der Waals surface area contributed by atoms with Crippen molar-refractivity contribution in [1.82, 2.24) is 0 Å². The Morgan fingerprint density at radius 1 is 1.20 bits per heavy atom. The number of alkyl halides is 1. The fourth-order valence-electron chi connectivity index (χ4n) is 1.61. The topological polar surface area (TPSA) is 118 Å². The van der Waals surface area contributed by atoms with E-state index in [2.05, 4.69) is 0 Å². The highest BCUT2D eigenvalue weighted by Gasteiger charge is 2.45. The summed E-state index contributed by atoms with van der Waals surface area (Å²) >= 11 is 1.32. The molecule has 0 unspecified atom stereocenters. The highest BCUT2D eigenvalue weighted by molar-refractivity contribution is 14.1. The lowest BCUT2D eigenvalue weighted by Gasteiger charge is -2.31. The predicted molar refractivity (Wildman–Crippen MR) is 79.2 cm³/mol. The summed E-state index contributed by atoms with van der Waals surface area (Å²) in [6, 6.07) is 8.62. The average molecular weight is 396 g/mol. The Bertz CT molecular complexity index is 436. The number of aliphatic hydroxyl groups is 5. The summed E-state index contributed by atoms with van der Waals surface area (Å²) in [6.07, 6.45) is -5.52. The van der Waals surface area contributed by atoms with Crippen LogP contribution in [0.15, 0.2) is 30.3 Å². The zero-order valence-electron chi connectivity index (χ0n) is 10.6. The van der Waals surface area contributed by atoms with Crippen molar-refractivity contribution in [2.45, 2.75) is 28.3 Å². The number of benzene rings is 1. The van der Waals surface area contributed by atoms with Gasteiger partial charge in [0.15, 0.2) is 5.78 Å². The molecule has 20 heavy (non-hydrogen) atoms. The first-order valence-electron chi connectivity index (χ1n) is 5.94. The molecule has 0 aliphatic heterocycles. The lowest BCUT2D eigenvalue weighted by molar-refractivity contribution is -0.149. The van der Waals surface area contributed by atoms with Gasteiger partial charge in [0.1, 0.15) is 18.3 Å². The van der Waals surface area contributed by atoms with Gasteiger partial charge < -0.3 is 25.5 Å². The van der Waals surface area contributed by atoms with Gasteiger partial charge in [-0.25, -0.2) is 0 Å². The average Bonchev–Trinajstić information content (AvgIpc) is 2.45. The first-order valence-corrected chi connectivity index (χ1v) is 7.02. The van der Waals surface area contributed by atoms with Crippen LogP contribution in [-0.4, -0.2) is 59.8 Å². The Balaban J connectivity index is 2.79. The minimum absolute atomic E-state index is 0.126. The zero-order chi connectivity index (χ0) is 15.3. The van der Waals surface area contributed by atoms with Gasteiger partial charge in [0, 0.05) is 6.42 Å². The molecule has 1 aromatic carbocycles. The summed E-state index contributed by atoms with van der Waals surface area (Å²) in [4.78, 5) is 12.0. The van der Waals surface area contributed by atoms with E-state index in [0.717, 1.165) is 0 Å². The maximum absolute atomic E-state index is 12.0. The van der Waals surface area contributed by atoms with Gasteiger partial charge in [-0.3, -0.25) is 4.79 Å². The van der Waals surface area contributed by atoms with E-state index in [9.17, 15) is 25.2 Å². The monoisotopic (exact) mass is 396 g/mol. The van der Waals surface area contributed by atoms with Crippen LogP contribution in [0.1, 0.15) is 5.56 Å². The molecule has 0 aliphatic carbocycles. The molecule has 112 valence electrons. The summed E-state index contributed by atoms with van der Waals surface area (Å²) in [5.74, 6) is -0.707. The Morgan fingerprint density at radius 3 is 2.25 bits per heavy atom. The molecule has 1 rings (SSSR count). The van der Waals surface area contributed by atoms with E-state index in [1.54, 1.807) is 30.3 Å². The number of aliphatic hydroxyl groups excluding tert-OH is 4. The van der Waals surface area contributed by atoms with E-state index < -0.39 is 34.3 Å². The fraction of sp³-hybridized carbons (Fsp3) is 0.462. The number of carbonyl (C=O) groups is 1. The second-order valence-electron chi connectivity index (χ2n) is 4.44. The highest BCUT2D eigenvalue weighted by atomic mass is 127. The van der Waals surface area contributed by atoms with E-state index >= 15 is 0 Å². The van der Waals surface area contributed by atoms with E-state index in [0.29, 0.717) is 5.56 Å². The fourth-order valence-corrected chi connectivity index (χ4v) is 2.17. The molecule has 0 amide bonds. The van der Waals surface area contributed by atoms with Crippen molar-refractivity contribution in [3.63, 3.8) is 0 Å². The normalized spacial score (nSPS) is 18.9. The molecular weight excluding hydrogens is 379 g/mol. The van der Waals surface area contributed by atoms with Crippen LogP contribution in [0, 0.1) is 0 Å². The Hall–Kier alpha value is -0.580. The predicted octanol–water partition coefficient (Wildman–Crippen LogP) is -1.00. The minimum Gasteiger partial charge on any atom is -0.394 e. The van der Waals surface area contributed by atoms with Gasteiger partial charge in [-0.05, 0) is 28.2 Å². The second kappa shape index (κ2) is 7.43. The molecule has 4 atom stereocenters. The van der Waals surface area contributed by atoms with Gasteiger partial charge >= 0.3 is 0 Å². The zero-order valence-corrected chi connectivity index (χ0v) is 12.7. The van der Waals surface area contributed by atoms with Crippen LogP contribution in [-0.2, 0) is 11.2 Å². The van der Waals surface area contributed by atoms with E-state index in [1.807, 2.05) is 0 Å². The molecule has 5 N–H and O–H groups in total. The molecule has 0 saturated heterocycles. The van der Waals surface area contributed by atoms with Gasteiger partial charge in [0.25, 0.3) is 0 Å². The molecular formula is C13H17IO6. The smallest absolute Gasteiger partial charge is 0.203 e. The first-order chi connectivity index (χ1) is 9.30. The molecule has 1 aromatic rings. The number of ketones is 1. The van der Waals surface area contributed by atoms with Crippen LogP contribution in [0.4, 0.5) is 0 Å². The third-order valence-corrected chi connectivity index (χ3v) is 4.14. The Labute approximate surface area is 129 Å². The van der Waals surface area contributed by atoms with Crippen molar-refractivity contribution < 1.29 is 30.3 Å². The van der Waals surface area contributed by atoms with Crippen molar-refractivity contribution in [2.24, 2.45) is 0 Å². The Kier molecular flexibility index (Phi) is 6.49. The summed E-state index contributed by atoms with van der Waals surface area (Å²) < 4.78 is -2.26. The number of hydrogen-bond acceptors (Lipinski definition) is 6. The number of Topliss-reactive ketones (excluding diaryl/α,β-unsaturated/α-hetero) is 1. The van der Waals surface area contributed by atoms with Gasteiger partial charge in [-0.15, -0.1) is 0 Å². The molecule has 0 aromatic heterocycles. The van der Waals surface area contributed by atoms with Gasteiger partial charge in [-0.2, -0.15) is 0 Å². The van der Waals surface area contributed by atoms with Crippen molar-refractivity contribution in [3.05, 3.63) is 35.9 Å². The van der Waals surface area contributed by atoms with Crippen LogP contribution in [0.5, 0.6) is 0 Å². The summed E-state index contributed by atoms with van der Waals surface area (Å²) in [5, 5.41) is 47.4.